The summed E-state index contributed by atoms with van der Waals surface area (Å²) in [7, 11) is 4.62. The molecule has 26 heavy (non-hydrogen) atoms. The fraction of sp³-hybridized carbons (Fsp3) is 0.368. The second-order valence-electron chi connectivity index (χ2n) is 6.10. The zero-order chi connectivity index (χ0) is 18.8. The summed E-state index contributed by atoms with van der Waals surface area (Å²) in [5, 5.41) is 1.02. The van der Waals surface area contributed by atoms with Crippen molar-refractivity contribution in [3.63, 3.8) is 0 Å². The lowest BCUT2D eigenvalue weighted by Crippen LogP contribution is -2.12. The zero-order valence-electron chi connectivity index (χ0n) is 15.4. The van der Waals surface area contributed by atoms with Gasteiger partial charge in [0.2, 0.25) is 0 Å². The van der Waals surface area contributed by atoms with E-state index in [4.69, 9.17) is 9.47 Å². The van der Waals surface area contributed by atoms with Gasteiger partial charge in [-0.3, -0.25) is 0 Å². The Bertz CT molecular complexity index is 901. The number of unbranched alkanes of at least 4 members (excludes halogenated alkanes) is 1. The van der Waals surface area contributed by atoms with Crippen LogP contribution in [0, 0.1) is 0 Å². The summed E-state index contributed by atoms with van der Waals surface area (Å²) < 4.78 is 13.8. The van der Waals surface area contributed by atoms with Gasteiger partial charge in [-0.05, 0) is 36.6 Å². The van der Waals surface area contributed by atoms with E-state index in [9.17, 15) is 9.59 Å². The van der Waals surface area contributed by atoms with Crippen LogP contribution in [0.5, 0.6) is 0 Å². The van der Waals surface area contributed by atoms with E-state index in [1.165, 1.54) is 26.2 Å². The van der Waals surface area contributed by atoms with Crippen LogP contribution in [0.2, 0.25) is 0 Å². The van der Waals surface area contributed by atoms with Gasteiger partial charge in [0.05, 0.1) is 31.0 Å². The van der Waals surface area contributed by atoms with Crippen LogP contribution in [0.25, 0.3) is 17.0 Å². The van der Waals surface area contributed by atoms with E-state index < -0.39 is 0 Å². The monoisotopic (exact) mass is 374 g/mol. The Morgan fingerprint density at radius 3 is 2.54 bits per heavy atom. The fourth-order valence-corrected chi connectivity index (χ4v) is 3.98. The van der Waals surface area contributed by atoms with Crippen molar-refractivity contribution in [2.24, 2.45) is 0 Å². The maximum Gasteiger partial charge on any atom is 0.346 e. The van der Waals surface area contributed by atoms with Gasteiger partial charge in [0.25, 0.3) is 0 Å². The van der Waals surface area contributed by atoms with Crippen LogP contribution in [-0.2, 0) is 20.8 Å². The SMILES string of the molecule is CCCCn1cc2c3c(cc(C(=O)OC)cc31)N(C)SC(C(=O)OC)=C2. The third kappa shape index (κ3) is 3.19. The second kappa shape index (κ2) is 7.45. The number of methoxy groups -OCH3 is 2. The average molecular weight is 374 g/mol. The van der Waals surface area contributed by atoms with Gasteiger partial charge in [-0.1, -0.05) is 13.3 Å². The lowest BCUT2D eigenvalue weighted by atomic mass is 10.1. The molecule has 1 aliphatic heterocycles. The lowest BCUT2D eigenvalue weighted by Gasteiger charge is -2.19. The maximum atomic E-state index is 12.1. The first-order chi connectivity index (χ1) is 12.5. The summed E-state index contributed by atoms with van der Waals surface area (Å²) in [6.07, 6.45) is 5.98. The van der Waals surface area contributed by atoms with Crippen molar-refractivity contribution in [1.29, 1.82) is 0 Å². The number of hydrogen-bond donors (Lipinski definition) is 0. The normalized spacial score (nSPS) is 13.4. The molecule has 0 unspecified atom stereocenters. The Kier molecular flexibility index (Phi) is 5.27. The third-order valence-electron chi connectivity index (χ3n) is 4.41. The molecule has 0 bridgehead atoms. The summed E-state index contributed by atoms with van der Waals surface area (Å²) >= 11 is 1.28. The minimum Gasteiger partial charge on any atom is -0.465 e. The minimum absolute atomic E-state index is 0.377. The Hall–Kier alpha value is -2.41. The molecule has 0 spiro atoms. The number of ether oxygens (including phenoxy) is 2. The highest BCUT2D eigenvalue weighted by Crippen LogP contribution is 2.41. The Labute approximate surface area is 156 Å². The van der Waals surface area contributed by atoms with E-state index in [1.807, 2.05) is 35.8 Å². The smallest absolute Gasteiger partial charge is 0.346 e. The lowest BCUT2D eigenvalue weighted by molar-refractivity contribution is -0.135. The largest absolute Gasteiger partial charge is 0.465 e. The van der Waals surface area contributed by atoms with Crippen LogP contribution in [0.4, 0.5) is 5.69 Å². The highest BCUT2D eigenvalue weighted by Gasteiger charge is 2.25. The molecule has 7 heteroatoms. The van der Waals surface area contributed by atoms with E-state index in [1.54, 1.807) is 0 Å². The highest BCUT2D eigenvalue weighted by atomic mass is 32.2. The quantitative estimate of drug-likeness (QED) is 0.585. The van der Waals surface area contributed by atoms with Gasteiger partial charge in [0.15, 0.2) is 0 Å². The molecular weight excluding hydrogens is 352 g/mol. The van der Waals surface area contributed by atoms with Crippen molar-refractivity contribution in [2.45, 2.75) is 26.3 Å². The van der Waals surface area contributed by atoms with E-state index >= 15 is 0 Å². The first-order valence-electron chi connectivity index (χ1n) is 8.47. The van der Waals surface area contributed by atoms with Crippen molar-refractivity contribution in [1.82, 2.24) is 4.57 Å². The molecule has 0 saturated heterocycles. The molecule has 138 valence electrons. The Morgan fingerprint density at radius 2 is 1.88 bits per heavy atom. The zero-order valence-corrected chi connectivity index (χ0v) is 16.2. The molecule has 0 fully saturated rings. The van der Waals surface area contributed by atoms with E-state index in [-0.39, 0.29) is 11.9 Å². The van der Waals surface area contributed by atoms with Crippen molar-refractivity contribution in [2.75, 3.05) is 25.6 Å². The van der Waals surface area contributed by atoms with Gasteiger partial charge in [-0.2, -0.15) is 0 Å². The van der Waals surface area contributed by atoms with Crippen molar-refractivity contribution < 1.29 is 19.1 Å². The summed E-state index contributed by atoms with van der Waals surface area (Å²) in [4.78, 5) is 24.8. The van der Waals surface area contributed by atoms with E-state index in [0.29, 0.717) is 10.5 Å². The van der Waals surface area contributed by atoms with Gasteiger partial charge in [-0.25, -0.2) is 9.59 Å². The van der Waals surface area contributed by atoms with Gasteiger partial charge in [0, 0.05) is 30.7 Å². The van der Waals surface area contributed by atoms with Gasteiger partial charge in [0.1, 0.15) is 4.91 Å². The number of nitrogens with zero attached hydrogens (tertiary/aromatic N) is 2. The van der Waals surface area contributed by atoms with Gasteiger partial charge in [-0.15, -0.1) is 0 Å². The number of hydrogen-bond acceptors (Lipinski definition) is 6. The fourth-order valence-electron chi connectivity index (χ4n) is 3.10. The topological polar surface area (TPSA) is 60.8 Å². The van der Waals surface area contributed by atoms with Gasteiger partial charge >= 0.3 is 11.9 Å². The molecule has 0 radical (unpaired) electrons. The summed E-state index contributed by atoms with van der Waals surface area (Å²) in [5.41, 5.74) is 3.26. The van der Waals surface area contributed by atoms with Crippen LogP contribution < -0.4 is 4.31 Å². The predicted octanol–water partition coefficient (Wildman–Crippen LogP) is 3.84. The number of aromatic nitrogens is 1. The number of rotatable bonds is 5. The molecule has 1 aromatic carbocycles. The molecule has 2 heterocycles. The molecular formula is C19H22N2O4S. The average Bonchev–Trinajstić information content (AvgIpc) is 2.93. The Balaban J connectivity index is 2.26. The molecule has 3 rings (SSSR count). The van der Waals surface area contributed by atoms with E-state index in [0.717, 1.165) is 41.5 Å². The summed E-state index contributed by atoms with van der Waals surface area (Å²) in [6.45, 7) is 2.98. The van der Waals surface area contributed by atoms with Crippen molar-refractivity contribution in [3.05, 3.63) is 34.4 Å². The number of esters is 2. The van der Waals surface area contributed by atoms with Crippen LogP contribution in [-0.4, -0.2) is 37.8 Å². The van der Waals surface area contributed by atoms with E-state index in [2.05, 4.69) is 11.5 Å². The highest BCUT2D eigenvalue weighted by molar-refractivity contribution is 8.05. The third-order valence-corrected chi connectivity index (χ3v) is 5.36. The first-order valence-corrected chi connectivity index (χ1v) is 9.24. The number of anilines is 1. The molecule has 2 aromatic rings. The van der Waals surface area contributed by atoms with Crippen LogP contribution >= 0.6 is 11.9 Å². The molecule has 0 amide bonds. The van der Waals surface area contributed by atoms with Crippen molar-refractivity contribution in [3.8, 4) is 0 Å². The summed E-state index contributed by atoms with van der Waals surface area (Å²) in [6, 6.07) is 3.67. The number of aryl methyl sites for hydroxylation is 1. The van der Waals surface area contributed by atoms with Crippen molar-refractivity contribution >= 4 is 46.6 Å². The van der Waals surface area contributed by atoms with Crippen LogP contribution in [0.3, 0.4) is 0 Å². The molecule has 1 aromatic heterocycles. The summed E-state index contributed by atoms with van der Waals surface area (Å²) in [5.74, 6) is -0.756. The van der Waals surface area contributed by atoms with Crippen LogP contribution in [0.1, 0.15) is 35.7 Å². The molecule has 1 aliphatic rings. The maximum absolute atomic E-state index is 12.1. The molecule has 6 nitrogen and oxygen atoms in total. The number of carbonyl (C=O) groups is 2. The minimum atomic E-state index is -0.378. The number of carbonyl (C=O) groups excluding carboxylic acids is 2. The molecule has 0 saturated carbocycles. The second-order valence-corrected chi connectivity index (χ2v) is 7.27. The Morgan fingerprint density at radius 1 is 1.15 bits per heavy atom. The number of benzene rings is 1. The van der Waals surface area contributed by atoms with Gasteiger partial charge < -0.3 is 18.3 Å². The van der Waals surface area contributed by atoms with Crippen LogP contribution in [0.15, 0.2) is 23.2 Å². The molecule has 0 atom stereocenters. The molecule has 0 N–H and O–H groups in total. The standard InChI is InChI=1S/C19H22N2O4S/c1-5-6-7-21-11-13-10-16(19(23)25-4)26-20(2)14-8-12(18(22)24-3)9-15(21)17(13)14/h8-11H,5-7H2,1-4H3. The predicted molar refractivity (Wildman–Crippen MR) is 104 cm³/mol. The molecule has 0 aliphatic carbocycles. The first kappa shape index (κ1) is 18.4.